The Morgan fingerprint density at radius 3 is 2.61 bits per heavy atom. The Morgan fingerprint density at radius 1 is 1.18 bits per heavy atom. The van der Waals surface area contributed by atoms with Crippen LogP contribution in [0, 0.1) is 12.8 Å². The summed E-state index contributed by atoms with van der Waals surface area (Å²) in [6.07, 6.45) is 4.98. The van der Waals surface area contributed by atoms with Gasteiger partial charge in [-0.25, -0.2) is 4.98 Å². The minimum Gasteiger partial charge on any atom is -0.441 e. The van der Waals surface area contributed by atoms with Crippen molar-refractivity contribution in [3.63, 3.8) is 0 Å². The van der Waals surface area contributed by atoms with Crippen molar-refractivity contribution < 1.29 is 18.7 Å². The Kier molecular flexibility index (Phi) is 5.82. The quantitative estimate of drug-likeness (QED) is 0.771. The van der Waals surface area contributed by atoms with E-state index in [4.69, 9.17) is 9.15 Å². The van der Waals surface area contributed by atoms with Crippen LogP contribution in [-0.2, 0) is 16.1 Å². The molecule has 2 aromatic rings. The van der Waals surface area contributed by atoms with Crippen LogP contribution in [0.25, 0.3) is 11.5 Å². The highest BCUT2D eigenvalue weighted by molar-refractivity contribution is 8.15. The number of aromatic nitrogens is 1. The van der Waals surface area contributed by atoms with E-state index in [1.54, 1.807) is 0 Å². The summed E-state index contributed by atoms with van der Waals surface area (Å²) in [4.78, 5) is 27.6. The molecule has 28 heavy (non-hydrogen) atoms. The normalized spacial score (nSPS) is 25.1. The van der Waals surface area contributed by atoms with Crippen molar-refractivity contribution in [3.8, 4) is 11.5 Å². The van der Waals surface area contributed by atoms with E-state index >= 15 is 0 Å². The fourth-order valence-corrected chi connectivity index (χ4v) is 4.80. The summed E-state index contributed by atoms with van der Waals surface area (Å²) in [7, 11) is 0. The molecule has 1 aliphatic carbocycles. The van der Waals surface area contributed by atoms with Crippen molar-refractivity contribution in [2.75, 3.05) is 0 Å². The van der Waals surface area contributed by atoms with Crippen LogP contribution in [0.4, 0.5) is 4.79 Å². The van der Waals surface area contributed by atoms with Gasteiger partial charge in [0.05, 0.1) is 18.0 Å². The zero-order valence-electron chi connectivity index (χ0n) is 15.8. The summed E-state index contributed by atoms with van der Waals surface area (Å²) in [6, 6.07) is 9.86. The molecule has 7 heteroatoms. The second-order valence-electron chi connectivity index (χ2n) is 7.46. The number of carbonyl (C=O) groups excluding carboxylic acids is 2. The van der Waals surface area contributed by atoms with Gasteiger partial charge in [-0.05, 0) is 57.1 Å². The lowest BCUT2D eigenvalue weighted by Gasteiger charge is -2.29. The van der Waals surface area contributed by atoms with Crippen LogP contribution in [0.3, 0.4) is 0 Å². The lowest BCUT2D eigenvalue weighted by atomic mass is 9.84. The van der Waals surface area contributed by atoms with Crippen molar-refractivity contribution in [2.45, 2.75) is 57.0 Å². The Morgan fingerprint density at radius 2 is 1.93 bits per heavy atom. The molecule has 2 fully saturated rings. The lowest BCUT2D eigenvalue weighted by Crippen LogP contribution is -2.28. The monoisotopic (exact) mass is 400 g/mol. The standard InChI is InChI=1S/C21H24N2O4S/c1-13-17(22-20(27-13)15-5-3-2-4-6-15)12-26-16-9-7-14(8-10-16)11-18-19(24)23-21(25)28-18/h2-6,14,16,18H,7-12H2,1H3,(H,23,24,25). The number of nitrogens with one attached hydrogen (secondary N) is 1. The number of imide groups is 1. The van der Waals surface area contributed by atoms with Gasteiger partial charge < -0.3 is 9.15 Å². The zero-order valence-corrected chi connectivity index (χ0v) is 16.7. The minimum absolute atomic E-state index is 0.135. The molecule has 1 saturated heterocycles. The second-order valence-corrected chi connectivity index (χ2v) is 8.64. The maximum absolute atomic E-state index is 11.7. The van der Waals surface area contributed by atoms with Crippen molar-refractivity contribution >= 4 is 22.9 Å². The summed E-state index contributed by atoms with van der Waals surface area (Å²) in [5, 5.41) is 1.93. The smallest absolute Gasteiger partial charge is 0.286 e. The number of carbonyl (C=O) groups is 2. The van der Waals surface area contributed by atoms with Gasteiger partial charge in [-0.1, -0.05) is 30.0 Å². The number of thioether (sulfide) groups is 1. The number of hydrogen-bond acceptors (Lipinski definition) is 6. The van der Waals surface area contributed by atoms with Gasteiger partial charge in [-0.2, -0.15) is 0 Å². The molecule has 1 N–H and O–H groups in total. The molecule has 4 rings (SSSR count). The highest BCUT2D eigenvalue weighted by atomic mass is 32.2. The van der Waals surface area contributed by atoms with E-state index in [0.29, 0.717) is 18.4 Å². The number of hydrogen-bond donors (Lipinski definition) is 1. The SMILES string of the molecule is Cc1oc(-c2ccccc2)nc1COC1CCC(CC2SC(=O)NC2=O)CC1. The average Bonchev–Trinajstić information content (AvgIpc) is 3.23. The van der Waals surface area contributed by atoms with Gasteiger partial charge in [-0.15, -0.1) is 0 Å². The Balaban J connectivity index is 1.25. The number of oxazole rings is 1. The molecule has 2 heterocycles. The average molecular weight is 401 g/mol. The zero-order chi connectivity index (χ0) is 19.5. The van der Waals surface area contributed by atoms with Gasteiger partial charge in [0.25, 0.3) is 5.24 Å². The van der Waals surface area contributed by atoms with Gasteiger partial charge in [0.2, 0.25) is 11.8 Å². The van der Waals surface area contributed by atoms with Crippen LogP contribution in [-0.4, -0.2) is 27.5 Å². The molecule has 0 bridgehead atoms. The number of nitrogens with zero attached hydrogens (tertiary/aromatic N) is 1. The van der Waals surface area contributed by atoms with Crippen LogP contribution < -0.4 is 5.32 Å². The first kappa shape index (κ1) is 19.2. The first-order chi connectivity index (χ1) is 13.6. The van der Waals surface area contributed by atoms with Gasteiger partial charge in [0.1, 0.15) is 11.5 Å². The second kappa shape index (κ2) is 8.49. The lowest BCUT2D eigenvalue weighted by molar-refractivity contribution is -0.119. The maximum Gasteiger partial charge on any atom is 0.286 e. The molecular formula is C21H24N2O4S. The molecule has 148 valence electrons. The number of aryl methyl sites for hydroxylation is 1. The molecule has 1 saturated carbocycles. The van der Waals surface area contributed by atoms with Crippen molar-refractivity contribution in [1.29, 1.82) is 0 Å². The van der Waals surface area contributed by atoms with Crippen molar-refractivity contribution in [2.24, 2.45) is 5.92 Å². The molecule has 2 aliphatic rings. The largest absolute Gasteiger partial charge is 0.441 e. The van der Waals surface area contributed by atoms with Crippen LogP contribution in [0.15, 0.2) is 34.7 Å². The van der Waals surface area contributed by atoms with Gasteiger partial charge in [-0.3, -0.25) is 14.9 Å². The molecule has 0 radical (unpaired) electrons. The maximum atomic E-state index is 11.7. The van der Waals surface area contributed by atoms with Gasteiger partial charge in [0.15, 0.2) is 0 Å². The van der Waals surface area contributed by atoms with Gasteiger partial charge in [0, 0.05) is 5.56 Å². The highest BCUT2D eigenvalue weighted by Crippen LogP contribution is 2.34. The summed E-state index contributed by atoms with van der Waals surface area (Å²) < 4.78 is 11.9. The number of ether oxygens (including phenoxy) is 1. The van der Waals surface area contributed by atoms with E-state index in [1.165, 1.54) is 0 Å². The van der Waals surface area contributed by atoms with E-state index < -0.39 is 0 Å². The summed E-state index contributed by atoms with van der Waals surface area (Å²) in [6.45, 7) is 2.37. The van der Waals surface area contributed by atoms with Crippen molar-refractivity contribution in [3.05, 3.63) is 41.8 Å². The number of amides is 2. The van der Waals surface area contributed by atoms with E-state index in [1.807, 2.05) is 37.3 Å². The van der Waals surface area contributed by atoms with E-state index in [9.17, 15) is 9.59 Å². The number of rotatable bonds is 6. The third-order valence-electron chi connectivity index (χ3n) is 5.48. The van der Waals surface area contributed by atoms with Gasteiger partial charge >= 0.3 is 0 Å². The molecule has 0 spiro atoms. The molecule has 1 aliphatic heterocycles. The fraction of sp³-hybridized carbons (Fsp3) is 0.476. The Hall–Kier alpha value is -2.12. The molecule has 1 aromatic heterocycles. The van der Waals surface area contributed by atoms with Crippen LogP contribution in [0.1, 0.15) is 43.6 Å². The first-order valence-electron chi connectivity index (χ1n) is 9.73. The molecule has 2 amide bonds. The Labute approximate surface area is 168 Å². The van der Waals surface area contributed by atoms with Crippen LogP contribution >= 0.6 is 11.8 Å². The van der Waals surface area contributed by atoms with E-state index in [2.05, 4.69) is 10.3 Å². The minimum atomic E-state index is -0.218. The molecule has 1 unspecified atom stereocenters. The van der Waals surface area contributed by atoms with E-state index in [-0.39, 0.29) is 22.5 Å². The third-order valence-corrected chi connectivity index (χ3v) is 6.48. The summed E-state index contributed by atoms with van der Waals surface area (Å²) >= 11 is 1.13. The van der Waals surface area contributed by atoms with Crippen LogP contribution in [0.2, 0.25) is 0 Å². The highest BCUT2D eigenvalue weighted by Gasteiger charge is 2.34. The van der Waals surface area contributed by atoms with Crippen LogP contribution in [0.5, 0.6) is 0 Å². The third kappa shape index (κ3) is 4.47. The number of benzene rings is 1. The first-order valence-corrected chi connectivity index (χ1v) is 10.6. The molecule has 6 nitrogen and oxygen atoms in total. The molecule has 1 aromatic carbocycles. The molecule has 1 atom stereocenters. The molecular weight excluding hydrogens is 376 g/mol. The fourth-order valence-electron chi connectivity index (χ4n) is 3.85. The predicted molar refractivity (Wildman–Crippen MR) is 107 cm³/mol. The van der Waals surface area contributed by atoms with E-state index in [0.717, 1.165) is 60.9 Å². The topological polar surface area (TPSA) is 81.4 Å². The summed E-state index contributed by atoms with van der Waals surface area (Å²) in [5.74, 6) is 1.76. The Bertz CT molecular complexity index is 843. The van der Waals surface area contributed by atoms with Crippen molar-refractivity contribution in [1.82, 2.24) is 10.3 Å². The predicted octanol–water partition coefficient (Wildman–Crippen LogP) is 4.47. The summed E-state index contributed by atoms with van der Waals surface area (Å²) in [5.41, 5.74) is 1.81.